The number of para-hydroxylation sites is 1. The first kappa shape index (κ1) is 28.0. The largest absolute Gasteiger partial charge is 0.371 e. The molecule has 0 spiro atoms. The van der Waals surface area contributed by atoms with Gasteiger partial charge in [-0.3, -0.25) is 14.9 Å². The Morgan fingerprint density at radius 2 is 1.85 bits per heavy atom. The van der Waals surface area contributed by atoms with E-state index in [2.05, 4.69) is 37.9 Å². The molecule has 0 bridgehead atoms. The van der Waals surface area contributed by atoms with Gasteiger partial charge < -0.3 is 10.2 Å². The second-order valence-corrected chi connectivity index (χ2v) is 13.3. The molecule has 3 aromatic rings. The molecule has 1 aliphatic carbocycles. The molecule has 0 unspecified atom stereocenters. The third-order valence-corrected chi connectivity index (χ3v) is 9.56. The summed E-state index contributed by atoms with van der Waals surface area (Å²) in [5, 5.41) is 15.3. The number of anilines is 2. The molecular weight excluding hydrogens is 520 g/mol. The quantitative estimate of drug-likeness (QED) is 0.188. The predicted octanol–water partition coefficient (Wildman–Crippen LogP) is 8.05. The number of hydrogen-bond donors (Lipinski definition) is 1. The Balaban J connectivity index is 1.54. The molecular formula is C32H38N4O3S. The Morgan fingerprint density at radius 3 is 2.52 bits per heavy atom. The van der Waals surface area contributed by atoms with Gasteiger partial charge in [-0.1, -0.05) is 45.9 Å². The Morgan fingerprint density at radius 1 is 1.12 bits per heavy atom. The molecule has 1 aromatic heterocycles. The van der Waals surface area contributed by atoms with Crippen LogP contribution in [0.5, 0.6) is 0 Å². The lowest BCUT2D eigenvalue weighted by Gasteiger charge is -2.33. The SMILES string of the molecule is CC1CCN(c2ccc([N+](=O)[O-])cc2C=Nc2sc3c(c2C(=O)Nc2ccccc2)CC[C@H](C(C)(C)C)C3)CC1. The van der Waals surface area contributed by atoms with Crippen molar-refractivity contribution in [2.75, 3.05) is 23.3 Å². The summed E-state index contributed by atoms with van der Waals surface area (Å²) < 4.78 is 0. The molecule has 1 atom stereocenters. The van der Waals surface area contributed by atoms with E-state index in [4.69, 9.17) is 4.99 Å². The normalized spacial score (nSPS) is 18.1. The summed E-state index contributed by atoms with van der Waals surface area (Å²) >= 11 is 1.59. The van der Waals surface area contributed by atoms with Gasteiger partial charge in [-0.25, -0.2) is 4.99 Å². The van der Waals surface area contributed by atoms with Crippen LogP contribution in [0.4, 0.5) is 22.1 Å². The summed E-state index contributed by atoms with van der Waals surface area (Å²) in [4.78, 5) is 33.3. The van der Waals surface area contributed by atoms with E-state index in [1.165, 1.54) is 4.88 Å². The number of thiophene rings is 1. The molecule has 2 aliphatic rings. The van der Waals surface area contributed by atoms with Crippen LogP contribution in [0.25, 0.3) is 0 Å². The molecule has 7 nitrogen and oxygen atoms in total. The van der Waals surface area contributed by atoms with E-state index in [-0.39, 0.29) is 21.9 Å². The number of carbonyl (C=O) groups is 1. The number of amides is 1. The number of nitro benzene ring substituents is 1. The highest BCUT2D eigenvalue weighted by atomic mass is 32.1. The van der Waals surface area contributed by atoms with Gasteiger partial charge in [0.15, 0.2) is 0 Å². The summed E-state index contributed by atoms with van der Waals surface area (Å²) in [5.41, 5.74) is 4.34. The van der Waals surface area contributed by atoms with Crippen LogP contribution in [0, 0.1) is 27.4 Å². The van der Waals surface area contributed by atoms with E-state index in [1.807, 2.05) is 36.4 Å². The minimum atomic E-state index is -0.366. The maximum Gasteiger partial charge on any atom is 0.270 e. The minimum Gasteiger partial charge on any atom is -0.371 e. The number of benzene rings is 2. The van der Waals surface area contributed by atoms with Gasteiger partial charge in [0, 0.05) is 53.3 Å². The summed E-state index contributed by atoms with van der Waals surface area (Å²) in [6.07, 6.45) is 6.70. The molecule has 0 saturated carbocycles. The molecule has 5 rings (SSSR count). The molecule has 1 N–H and O–H groups in total. The third kappa shape index (κ3) is 6.12. The van der Waals surface area contributed by atoms with Crippen molar-refractivity contribution in [2.24, 2.45) is 22.2 Å². The predicted molar refractivity (Wildman–Crippen MR) is 165 cm³/mol. The highest BCUT2D eigenvalue weighted by Gasteiger charge is 2.34. The summed E-state index contributed by atoms with van der Waals surface area (Å²) in [6.45, 7) is 10.9. The smallest absolute Gasteiger partial charge is 0.270 e. The number of piperidine rings is 1. The second-order valence-electron chi connectivity index (χ2n) is 12.2. The van der Waals surface area contributed by atoms with Crippen LogP contribution in [-0.2, 0) is 12.8 Å². The minimum absolute atomic E-state index is 0.0381. The molecule has 1 amide bonds. The second kappa shape index (κ2) is 11.5. The number of aliphatic imine (C=N–C) groups is 1. The van der Waals surface area contributed by atoms with Crippen LogP contribution < -0.4 is 10.2 Å². The van der Waals surface area contributed by atoms with Gasteiger partial charge in [-0.15, -0.1) is 11.3 Å². The van der Waals surface area contributed by atoms with Crippen LogP contribution in [0.3, 0.4) is 0 Å². The zero-order chi connectivity index (χ0) is 28.4. The number of fused-ring (bicyclic) bond motifs is 1. The number of non-ortho nitro benzene ring substituents is 1. The summed E-state index contributed by atoms with van der Waals surface area (Å²) in [7, 11) is 0. The van der Waals surface area contributed by atoms with Gasteiger partial charge in [-0.2, -0.15) is 0 Å². The van der Waals surface area contributed by atoms with Gasteiger partial charge in [0.25, 0.3) is 11.6 Å². The van der Waals surface area contributed by atoms with E-state index in [0.717, 1.165) is 62.1 Å². The molecule has 210 valence electrons. The van der Waals surface area contributed by atoms with E-state index in [0.29, 0.717) is 28.0 Å². The molecule has 0 radical (unpaired) electrons. The standard InChI is InChI=1S/C32H38N4O3S/c1-21-14-16-35(17-15-21)27-13-11-25(36(38)39)18-22(27)20-33-31-29(30(37)34-24-8-6-5-7-9-24)26-12-10-23(32(2,3)4)19-28(26)40-31/h5-9,11,13,18,20-21,23H,10,12,14-17,19H2,1-4H3,(H,34,37)/t23-/m0/s1. The van der Waals surface area contributed by atoms with Crippen molar-refractivity contribution in [3.8, 4) is 0 Å². The first-order valence-corrected chi connectivity index (χ1v) is 15.0. The molecule has 2 heterocycles. The topological polar surface area (TPSA) is 87.8 Å². The highest BCUT2D eigenvalue weighted by molar-refractivity contribution is 7.16. The average Bonchev–Trinajstić information content (AvgIpc) is 3.30. The van der Waals surface area contributed by atoms with Crippen molar-refractivity contribution in [1.82, 2.24) is 0 Å². The number of hydrogen-bond acceptors (Lipinski definition) is 6. The Bertz CT molecular complexity index is 1420. The van der Waals surface area contributed by atoms with Crippen molar-refractivity contribution in [3.63, 3.8) is 0 Å². The number of carbonyl (C=O) groups excluding carboxylic acids is 1. The van der Waals surface area contributed by atoms with Crippen LogP contribution in [0.1, 0.15) is 73.3 Å². The fourth-order valence-corrected chi connectivity index (χ4v) is 7.04. The first-order valence-electron chi connectivity index (χ1n) is 14.2. The van der Waals surface area contributed by atoms with E-state index >= 15 is 0 Å². The fourth-order valence-electron chi connectivity index (χ4n) is 5.78. The maximum absolute atomic E-state index is 13.7. The van der Waals surface area contributed by atoms with Gasteiger partial charge in [-0.05, 0) is 73.1 Å². The zero-order valence-electron chi connectivity index (χ0n) is 23.8. The summed E-state index contributed by atoms with van der Waals surface area (Å²) in [5.74, 6) is 1.05. The lowest BCUT2D eigenvalue weighted by molar-refractivity contribution is -0.384. The molecule has 2 aromatic carbocycles. The van der Waals surface area contributed by atoms with E-state index in [9.17, 15) is 14.9 Å². The number of nitro groups is 1. The van der Waals surface area contributed by atoms with Crippen molar-refractivity contribution in [2.45, 2.75) is 59.8 Å². The van der Waals surface area contributed by atoms with E-state index in [1.54, 1.807) is 29.7 Å². The third-order valence-electron chi connectivity index (χ3n) is 8.40. The lowest BCUT2D eigenvalue weighted by atomic mass is 9.72. The van der Waals surface area contributed by atoms with Crippen LogP contribution in [-0.4, -0.2) is 30.1 Å². The van der Waals surface area contributed by atoms with Crippen molar-refractivity contribution in [3.05, 3.63) is 80.2 Å². The van der Waals surface area contributed by atoms with Crippen LogP contribution in [0.15, 0.2) is 53.5 Å². The molecule has 40 heavy (non-hydrogen) atoms. The van der Waals surface area contributed by atoms with Gasteiger partial charge >= 0.3 is 0 Å². The lowest BCUT2D eigenvalue weighted by Crippen LogP contribution is -2.33. The van der Waals surface area contributed by atoms with Crippen LogP contribution in [0.2, 0.25) is 0 Å². The Labute approximate surface area is 240 Å². The fraction of sp³-hybridized carbons (Fsp3) is 0.438. The van der Waals surface area contributed by atoms with Gasteiger partial charge in [0.05, 0.1) is 10.5 Å². The molecule has 1 fully saturated rings. The monoisotopic (exact) mass is 558 g/mol. The highest BCUT2D eigenvalue weighted by Crippen LogP contribution is 2.45. The molecule has 1 aliphatic heterocycles. The maximum atomic E-state index is 13.7. The number of nitrogens with one attached hydrogen (secondary N) is 1. The van der Waals surface area contributed by atoms with Gasteiger partial charge in [0.1, 0.15) is 5.00 Å². The van der Waals surface area contributed by atoms with E-state index < -0.39 is 0 Å². The molecule has 1 saturated heterocycles. The summed E-state index contributed by atoms with van der Waals surface area (Å²) in [6, 6.07) is 14.5. The first-order chi connectivity index (χ1) is 19.1. The molecule has 8 heteroatoms. The Kier molecular flexibility index (Phi) is 8.08. The van der Waals surface area contributed by atoms with Crippen LogP contribution >= 0.6 is 11.3 Å². The Hall–Kier alpha value is -3.52. The van der Waals surface area contributed by atoms with Gasteiger partial charge in [0.2, 0.25) is 0 Å². The average molecular weight is 559 g/mol. The van der Waals surface area contributed by atoms with Crippen molar-refractivity contribution >= 4 is 45.5 Å². The number of rotatable bonds is 6. The van der Waals surface area contributed by atoms with Crippen molar-refractivity contribution in [1.29, 1.82) is 0 Å². The number of nitrogens with zero attached hydrogens (tertiary/aromatic N) is 3. The van der Waals surface area contributed by atoms with Crippen molar-refractivity contribution < 1.29 is 9.72 Å². The zero-order valence-corrected chi connectivity index (χ0v) is 24.6.